The Bertz CT molecular complexity index is 481. The first-order valence-electron chi connectivity index (χ1n) is 5.78. The third-order valence-electron chi connectivity index (χ3n) is 2.88. The van der Waals surface area contributed by atoms with Crippen LogP contribution >= 0.6 is 0 Å². The van der Waals surface area contributed by atoms with Crippen molar-refractivity contribution in [2.24, 2.45) is 5.73 Å². The lowest BCUT2D eigenvalue weighted by Crippen LogP contribution is -2.25. The second kappa shape index (κ2) is 5.14. The number of carbonyl (C=O) groups excluding carboxylic acids is 2. The van der Waals surface area contributed by atoms with E-state index in [1.165, 1.54) is 13.1 Å². The van der Waals surface area contributed by atoms with Gasteiger partial charge in [0.25, 0.3) is 11.8 Å². The van der Waals surface area contributed by atoms with Gasteiger partial charge in [0.1, 0.15) is 5.69 Å². The van der Waals surface area contributed by atoms with Crippen LogP contribution in [0, 0.1) is 0 Å². The van der Waals surface area contributed by atoms with E-state index in [4.69, 9.17) is 10.5 Å². The molecule has 1 aliphatic heterocycles. The Hall–Kier alpha value is -1.95. The SMILES string of the molecule is CNC(=O)c1nc(C2CCCO2)ccc1C(N)=O. The van der Waals surface area contributed by atoms with E-state index in [1.54, 1.807) is 6.07 Å². The Morgan fingerprint density at radius 1 is 1.50 bits per heavy atom. The zero-order chi connectivity index (χ0) is 13.1. The minimum Gasteiger partial charge on any atom is -0.372 e. The third kappa shape index (κ3) is 2.33. The van der Waals surface area contributed by atoms with Crippen LogP contribution in [0.15, 0.2) is 12.1 Å². The van der Waals surface area contributed by atoms with Gasteiger partial charge in [0, 0.05) is 13.7 Å². The van der Waals surface area contributed by atoms with Gasteiger partial charge in [0.2, 0.25) is 0 Å². The third-order valence-corrected chi connectivity index (χ3v) is 2.88. The second-order valence-corrected chi connectivity index (χ2v) is 4.08. The standard InChI is InChI=1S/C12H15N3O3/c1-14-12(17)10-7(11(13)16)4-5-8(15-10)9-3-2-6-18-9/h4-5,9H,2-3,6H2,1H3,(H2,13,16)(H,14,17). The number of amides is 2. The minimum atomic E-state index is -0.667. The molecule has 3 N–H and O–H groups in total. The van der Waals surface area contributed by atoms with E-state index in [9.17, 15) is 9.59 Å². The zero-order valence-electron chi connectivity index (χ0n) is 10.1. The number of hydrogen-bond donors (Lipinski definition) is 2. The van der Waals surface area contributed by atoms with Crippen LogP contribution in [0.2, 0.25) is 0 Å². The molecule has 1 unspecified atom stereocenters. The fraction of sp³-hybridized carbons (Fsp3) is 0.417. The van der Waals surface area contributed by atoms with Gasteiger partial charge in [-0.3, -0.25) is 9.59 Å². The monoisotopic (exact) mass is 249 g/mol. The maximum atomic E-state index is 11.7. The van der Waals surface area contributed by atoms with Crippen LogP contribution in [0.25, 0.3) is 0 Å². The van der Waals surface area contributed by atoms with Crippen LogP contribution in [0.5, 0.6) is 0 Å². The summed E-state index contributed by atoms with van der Waals surface area (Å²) in [6.07, 6.45) is 1.74. The van der Waals surface area contributed by atoms with E-state index < -0.39 is 11.8 Å². The molecule has 1 atom stereocenters. The zero-order valence-corrected chi connectivity index (χ0v) is 10.1. The molecule has 6 nitrogen and oxygen atoms in total. The Morgan fingerprint density at radius 2 is 2.28 bits per heavy atom. The highest BCUT2D eigenvalue weighted by molar-refractivity contribution is 6.05. The van der Waals surface area contributed by atoms with Crippen molar-refractivity contribution in [2.75, 3.05) is 13.7 Å². The summed E-state index contributed by atoms with van der Waals surface area (Å²) < 4.78 is 5.50. The highest BCUT2D eigenvalue weighted by Gasteiger charge is 2.23. The molecule has 0 bridgehead atoms. The number of rotatable bonds is 3. The lowest BCUT2D eigenvalue weighted by molar-refractivity contribution is 0.0931. The van der Waals surface area contributed by atoms with Crippen molar-refractivity contribution in [1.82, 2.24) is 10.3 Å². The Kier molecular flexibility index (Phi) is 3.57. The predicted octanol–water partition coefficient (Wildman–Crippen LogP) is 0.392. The van der Waals surface area contributed by atoms with Gasteiger partial charge in [-0.05, 0) is 25.0 Å². The summed E-state index contributed by atoms with van der Waals surface area (Å²) in [5, 5.41) is 2.44. The van der Waals surface area contributed by atoms with Crippen molar-refractivity contribution in [3.8, 4) is 0 Å². The predicted molar refractivity (Wildman–Crippen MR) is 64.1 cm³/mol. The molecular weight excluding hydrogens is 234 g/mol. The van der Waals surface area contributed by atoms with Gasteiger partial charge in [0.05, 0.1) is 17.4 Å². The molecule has 1 saturated heterocycles. The molecule has 1 aliphatic rings. The first-order valence-corrected chi connectivity index (χ1v) is 5.78. The molecule has 2 heterocycles. The summed E-state index contributed by atoms with van der Waals surface area (Å²) in [5.41, 5.74) is 6.06. The van der Waals surface area contributed by atoms with E-state index in [0.29, 0.717) is 12.3 Å². The summed E-state index contributed by atoms with van der Waals surface area (Å²) in [4.78, 5) is 27.1. The largest absolute Gasteiger partial charge is 0.372 e. The molecule has 0 aliphatic carbocycles. The van der Waals surface area contributed by atoms with Crippen LogP contribution in [0.1, 0.15) is 45.5 Å². The van der Waals surface area contributed by atoms with Crippen molar-refractivity contribution >= 4 is 11.8 Å². The molecule has 96 valence electrons. The average Bonchev–Trinajstić information content (AvgIpc) is 2.90. The normalized spacial score (nSPS) is 18.6. The van der Waals surface area contributed by atoms with Gasteiger partial charge in [-0.25, -0.2) is 4.98 Å². The number of nitrogens with zero attached hydrogens (tertiary/aromatic N) is 1. The molecule has 1 aromatic rings. The Morgan fingerprint density at radius 3 is 2.83 bits per heavy atom. The summed E-state index contributed by atoms with van der Waals surface area (Å²) in [6, 6.07) is 3.21. The highest BCUT2D eigenvalue weighted by atomic mass is 16.5. The molecule has 0 saturated carbocycles. The average molecular weight is 249 g/mol. The van der Waals surface area contributed by atoms with Crippen molar-refractivity contribution in [2.45, 2.75) is 18.9 Å². The number of hydrogen-bond acceptors (Lipinski definition) is 4. The van der Waals surface area contributed by atoms with Gasteiger partial charge >= 0.3 is 0 Å². The maximum absolute atomic E-state index is 11.7. The number of aromatic nitrogens is 1. The molecule has 1 fully saturated rings. The van der Waals surface area contributed by atoms with E-state index in [1.807, 2.05) is 0 Å². The summed E-state index contributed by atoms with van der Waals surface area (Å²) in [6.45, 7) is 0.694. The first kappa shape index (κ1) is 12.5. The summed E-state index contributed by atoms with van der Waals surface area (Å²) in [7, 11) is 1.48. The number of carbonyl (C=O) groups is 2. The molecule has 2 rings (SSSR count). The topological polar surface area (TPSA) is 94.3 Å². The van der Waals surface area contributed by atoms with Crippen molar-refractivity contribution < 1.29 is 14.3 Å². The number of primary amides is 1. The fourth-order valence-corrected chi connectivity index (χ4v) is 1.95. The lowest BCUT2D eigenvalue weighted by atomic mass is 10.1. The van der Waals surface area contributed by atoms with Crippen molar-refractivity contribution in [3.63, 3.8) is 0 Å². The molecule has 2 amide bonds. The molecule has 18 heavy (non-hydrogen) atoms. The Labute approximate surface area is 105 Å². The number of ether oxygens (including phenoxy) is 1. The van der Waals surface area contributed by atoms with Gasteiger partial charge in [-0.1, -0.05) is 0 Å². The number of nitrogens with two attached hydrogens (primary N) is 1. The Balaban J connectivity index is 2.41. The quantitative estimate of drug-likeness (QED) is 0.810. The smallest absolute Gasteiger partial charge is 0.270 e. The molecular formula is C12H15N3O3. The summed E-state index contributed by atoms with van der Waals surface area (Å²) in [5.74, 6) is -1.09. The summed E-state index contributed by atoms with van der Waals surface area (Å²) >= 11 is 0. The second-order valence-electron chi connectivity index (χ2n) is 4.08. The van der Waals surface area contributed by atoms with Crippen LogP contribution in [0.4, 0.5) is 0 Å². The molecule has 0 radical (unpaired) electrons. The van der Waals surface area contributed by atoms with Crippen LogP contribution in [-0.2, 0) is 4.74 Å². The van der Waals surface area contributed by atoms with E-state index in [-0.39, 0.29) is 17.4 Å². The number of pyridine rings is 1. The molecule has 0 spiro atoms. The van der Waals surface area contributed by atoms with Gasteiger partial charge in [0.15, 0.2) is 0 Å². The van der Waals surface area contributed by atoms with E-state index in [0.717, 1.165) is 12.8 Å². The van der Waals surface area contributed by atoms with Crippen LogP contribution < -0.4 is 11.1 Å². The van der Waals surface area contributed by atoms with Crippen molar-refractivity contribution in [1.29, 1.82) is 0 Å². The van der Waals surface area contributed by atoms with E-state index >= 15 is 0 Å². The van der Waals surface area contributed by atoms with Crippen LogP contribution in [0.3, 0.4) is 0 Å². The first-order chi connectivity index (χ1) is 8.63. The number of nitrogens with one attached hydrogen (secondary N) is 1. The van der Waals surface area contributed by atoms with Crippen LogP contribution in [-0.4, -0.2) is 30.5 Å². The molecule has 1 aromatic heterocycles. The van der Waals surface area contributed by atoms with Gasteiger partial charge in [-0.2, -0.15) is 0 Å². The maximum Gasteiger partial charge on any atom is 0.270 e. The molecule has 0 aromatic carbocycles. The minimum absolute atomic E-state index is 0.0537. The highest BCUT2D eigenvalue weighted by Crippen LogP contribution is 2.27. The lowest BCUT2D eigenvalue weighted by Gasteiger charge is -2.11. The van der Waals surface area contributed by atoms with Gasteiger partial charge < -0.3 is 15.8 Å². The van der Waals surface area contributed by atoms with Gasteiger partial charge in [-0.15, -0.1) is 0 Å². The fourth-order valence-electron chi connectivity index (χ4n) is 1.95. The van der Waals surface area contributed by atoms with E-state index in [2.05, 4.69) is 10.3 Å². The molecule has 6 heteroatoms. The van der Waals surface area contributed by atoms with Crippen molar-refractivity contribution in [3.05, 3.63) is 29.1 Å².